The summed E-state index contributed by atoms with van der Waals surface area (Å²) in [5.41, 5.74) is -0.127. The molecule has 0 aliphatic rings. The van der Waals surface area contributed by atoms with Crippen LogP contribution in [0.25, 0.3) is 11.0 Å². The highest BCUT2D eigenvalue weighted by Gasteiger charge is 2.28. The number of ketones is 1. The molecule has 0 spiro atoms. The van der Waals surface area contributed by atoms with E-state index in [1.165, 1.54) is 38.1 Å². The molecular weight excluding hydrogens is 378 g/mol. The van der Waals surface area contributed by atoms with Crippen LogP contribution in [0.5, 0.6) is 5.75 Å². The zero-order chi connectivity index (χ0) is 21.1. The summed E-state index contributed by atoms with van der Waals surface area (Å²) < 4.78 is 10.8. The zero-order valence-corrected chi connectivity index (χ0v) is 15.7. The number of carbonyl (C=O) groups is 2. The van der Waals surface area contributed by atoms with Crippen LogP contribution in [0.2, 0.25) is 0 Å². The van der Waals surface area contributed by atoms with Crippen LogP contribution < -0.4 is 10.4 Å². The van der Waals surface area contributed by atoms with Crippen LogP contribution in [0.4, 0.5) is 5.69 Å². The lowest BCUT2D eigenvalue weighted by atomic mass is 9.87. The summed E-state index contributed by atoms with van der Waals surface area (Å²) in [7, 11) is 0. The third-order valence-corrected chi connectivity index (χ3v) is 4.39. The van der Waals surface area contributed by atoms with E-state index in [0.717, 1.165) is 0 Å². The Bertz CT molecular complexity index is 1160. The monoisotopic (exact) mass is 395 g/mol. The topological polar surface area (TPSA) is 117 Å². The molecule has 1 atom stereocenters. The van der Waals surface area contributed by atoms with Gasteiger partial charge in [-0.2, -0.15) is 0 Å². The average Bonchev–Trinajstić information content (AvgIpc) is 2.66. The SMILES string of the molecule is CC(=O)CC(c1ccc([N+](=O)[O-])cc1)c1c(OC(C)=O)c2ccccc2oc1=O. The molecule has 1 heterocycles. The number of ether oxygens (including phenoxy) is 1. The van der Waals surface area contributed by atoms with E-state index in [-0.39, 0.29) is 34.8 Å². The summed E-state index contributed by atoms with van der Waals surface area (Å²) in [6, 6.07) is 12.1. The lowest BCUT2D eigenvalue weighted by molar-refractivity contribution is -0.384. The summed E-state index contributed by atoms with van der Waals surface area (Å²) in [6.45, 7) is 2.57. The number of nitro groups is 1. The maximum atomic E-state index is 12.8. The lowest BCUT2D eigenvalue weighted by Crippen LogP contribution is -2.19. The molecule has 8 nitrogen and oxygen atoms in total. The number of nitro benzene ring substituents is 1. The summed E-state index contributed by atoms with van der Waals surface area (Å²) in [6.07, 6.45) is -0.0742. The number of hydrogen-bond donors (Lipinski definition) is 0. The quantitative estimate of drug-likeness (QED) is 0.270. The van der Waals surface area contributed by atoms with Crippen molar-refractivity contribution in [2.45, 2.75) is 26.2 Å². The van der Waals surface area contributed by atoms with Crippen molar-refractivity contribution in [2.75, 3.05) is 0 Å². The normalized spacial score (nSPS) is 11.8. The molecule has 3 aromatic rings. The lowest BCUT2D eigenvalue weighted by Gasteiger charge is -2.19. The van der Waals surface area contributed by atoms with Crippen LogP contribution in [0.3, 0.4) is 0 Å². The van der Waals surface area contributed by atoms with E-state index < -0.39 is 22.4 Å². The number of esters is 1. The molecule has 0 aliphatic heterocycles. The van der Waals surface area contributed by atoms with Gasteiger partial charge >= 0.3 is 11.6 Å². The molecule has 0 N–H and O–H groups in total. The van der Waals surface area contributed by atoms with Gasteiger partial charge in [0.05, 0.1) is 15.9 Å². The Morgan fingerprint density at radius 3 is 2.34 bits per heavy atom. The van der Waals surface area contributed by atoms with Crippen LogP contribution in [0, 0.1) is 10.1 Å². The predicted octanol–water partition coefficient (Wildman–Crippen LogP) is 3.74. The third-order valence-electron chi connectivity index (χ3n) is 4.39. The van der Waals surface area contributed by atoms with Crippen molar-refractivity contribution in [1.29, 1.82) is 0 Å². The first-order chi connectivity index (χ1) is 13.8. The van der Waals surface area contributed by atoms with Gasteiger partial charge in [0, 0.05) is 31.4 Å². The first-order valence-corrected chi connectivity index (χ1v) is 8.76. The predicted molar refractivity (Wildman–Crippen MR) is 104 cm³/mol. The van der Waals surface area contributed by atoms with E-state index in [0.29, 0.717) is 10.9 Å². The first kappa shape index (κ1) is 19.9. The third kappa shape index (κ3) is 4.21. The molecular formula is C21H17NO7. The molecule has 1 unspecified atom stereocenters. The molecule has 29 heavy (non-hydrogen) atoms. The number of carbonyl (C=O) groups excluding carboxylic acids is 2. The number of benzene rings is 2. The Labute approximate surface area is 164 Å². The Balaban J connectivity index is 2.28. The van der Waals surface area contributed by atoms with Crippen molar-refractivity contribution < 1.29 is 23.7 Å². The van der Waals surface area contributed by atoms with Gasteiger partial charge in [-0.15, -0.1) is 0 Å². The Hall–Kier alpha value is -3.81. The molecule has 0 bridgehead atoms. The smallest absolute Gasteiger partial charge is 0.343 e. The van der Waals surface area contributed by atoms with E-state index in [1.54, 1.807) is 24.3 Å². The maximum absolute atomic E-state index is 12.8. The number of non-ortho nitro benzene ring substituents is 1. The number of rotatable bonds is 6. The van der Waals surface area contributed by atoms with Crippen molar-refractivity contribution in [3.8, 4) is 5.75 Å². The second-order valence-electron chi connectivity index (χ2n) is 6.53. The minimum Gasteiger partial charge on any atom is -0.425 e. The highest BCUT2D eigenvalue weighted by Crippen LogP contribution is 2.37. The Morgan fingerprint density at radius 1 is 1.10 bits per heavy atom. The maximum Gasteiger partial charge on any atom is 0.343 e. The Morgan fingerprint density at radius 2 is 1.76 bits per heavy atom. The molecule has 8 heteroatoms. The van der Waals surface area contributed by atoms with E-state index in [9.17, 15) is 24.5 Å². The standard InChI is InChI=1S/C21H17NO7/c1-12(23)11-17(14-7-9-15(10-8-14)22(26)27)19-20(28-13(2)24)16-5-3-4-6-18(16)29-21(19)25/h3-10,17H,11H2,1-2H3. The summed E-state index contributed by atoms with van der Waals surface area (Å²) in [4.78, 5) is 46.9. The molecule has 3 rings (SSSR count). The summed E-state index contributed by atoms with van der Waals surface area (Å²) in [5, 5.41) is 11.3. The van der Waals surface area contributed by atoms with Gasteiger partial charge in [-0.05, 0) is 24.6 Å². The highest BCUT2D eigenvalue weighted by atomic mass is 16.6. The molecule has 0 saturated heterocycles. The summed E-state index contributed by atoms with van der Waals surface area (Å²) in [5.74, 6) is -1.63. The van der Waals surface area contributed by atoms with Crippen LogP contribution in [-0.4, -0.2) is 16.7 Å². The van der Waals surface area contributed by atoms with Gasteiger partial charge < -0.3 is 9.15 Å². The van der Waals surface area contributed by atoms with Crippen LogP contribution in [0.15, 0.2) is 57.7 Å². The van der Waals surface area contributed by atoms with Gasteiger partial charge in [-0.25, -0.2) is 4.79 Å². The molecule has 0 fully saturated rings. The molecule has 0 aliphatic carbocycles. The molecule has 0 saturated carbocycles. The van der Waals surface area contributed by atoms with Crippen LogP contribution in [-0.2, 0) is 9.59 Å². The van der Waals surface area contributed by atoms with Gasteiger partial charge in [-0.1, -0.05) is 24.3 Å². The fourth-order valence-corrected chi connectivity index (χ4v) is 3.19. The van der Waals surface area contributed by atoms with E-state index in [4.69, 9.17) is 9.15 Å². The van der Waals surface area contributed by atoms with Crippen molar-refractivity contribution in [3.63, 3.8) is 0 Å². The van der Waals surface area contributed by atoms with E-state index in [2.05, 4.69) is 0 Å². The van der Waals surface area contributed by atoms with Crippen molar-refractivity contribution >= 4 is 28.4 Å². The first-order valence-electron chi connectivity index (χ1n) is 8.76. The largest absolute Gasteiger partial charge is 0.425 e. The van der Waals surface area contributed by atoms with Crippen molar-refractivity contribution in [1.82, 2.24) is 0 Å². The van der Waals surface area contributed by atoms with Crippen molar-refractivity contribution in [3.05, 3.63) is 80.2 Å². The number of hydrogen-bond acceptors (Lipinski definition) is 7. The Kier molecular flexibility index (Phi) is 5.54. The summed E-state index contributed by atoms with van der Waals surface area (Å²) >= 11 is 0. The number of Topliss-reactive ketones (excluding diaryl/α,β-unsaturated/α-hetero) is 1. The highest BCUT2D eigenvalue weighted by molar-refractivity contribution is 5.88. The fraction of sp³-hybridized carbons (Fsp3) is 0.190. The van der Waals surface area contributed by atoms with E-state index >= 15 is 0 Å². The molecule has 1 aromatic heterocycles. The molecule has 0 amide bonds. The van der Waals surface area contributed by atoms with Gasteiger partial charge in [-0.3, -0.25) is 19.7 Å². The van der Waals surface area contributed by atoms with Crippen molar-refractivity contribution in [2.24, 2.45) is 0 Å². The second kappa shape index (κ2) is 8.05. The fourth-order valence-electron chi connectivity index (χ4n) is 3.19. The number of para-hydroxylation sites is 1. The number of fused-ring (bicyclic) bond motifs is 1. The average molecular weight is 395 g/mol. The molecule has 148 valence electrons. The van der Waals surface area contributed by atoms with Gasteiger partial charge in [0.1, 0.15) is 11.4 Å². The second-order valence-corrected chi connectivity index (χ2v) is 6.53. The minimum absolute atomic E-state index is 0.0166. The zero-order valence-electron chi connectivity index (χ0n) is 15.7. The molecule has 0 radical (unpaired) electrons. The van der Waals surface area contributed by atoms with Gasteiger partial charge in [0.25, 0.3) is 5.69 Å². The minimum atomic E-state index is -0.802. The van der Waals surface area contributed by atoms with E-state index in [1.807, 2.05) is 0 Å². The van der Waals surface area contributed by atoms with Crippen LogP contribution in [0.1, 0.15) is 37.3 Å². The number of nitrogens with zero attached hydrogens (tertiary/aromatic N) is 1. The van der Waals surface area contributed by atoms with Gasteiger partial charge in [0.15, 0.2) is 5.75 Å². The van der Waals surface area contributed by atoms with Crippen LogP contribution >= 0.6 is 0 Å². The molecule has 2 aromatic carbocycles. The van der Waals surface area contributed by atoms with Gasteiger partial charge in [0.2, 0.25) is 0 Å².